The lowest BCUT2D eigenvalue weighted by molar-refractivity contribution is -0.178. The van der Waals surface area contributed by atoms with Crippen LogP contribution in [0.3, 0.4) is 0 Å². The maximum Gasteiger partial charge on any atom is 0.326 e. The molecule has 0 bridgehead atoms. The van der Waals surface area contributed by atoms with Crippen molar-refractivity contribution in [3.63, 3.8) is 0 Å². The molecular weight excluding hydrogens is 292 g/mol. The topological polar surface area (TPSA) is 116 Å². The quantitative estimate of drug-likeness (QED) is 0.456. The van der Waals surface area contributed by atoms with Gasteiger partial charge in [0.05, 0.1) is 20.6 Å². The summed E-state index contributed by atoms with van der Waals surface area (Å²) < 4.78 is 4.69. The lowest BCUT2D eigenvalue weighted by Gasteiger charge is -2.37. The Balaban J connectivity index is 2.81. The predicted molar refractivity (Wildman–Crippen MR) is 72.1 cm³/mol. The zero-order chi connectivity index (χ0) is 16.5. The summed E-state index contributed by atoms with van der Waals surface area (Å²) >= 11 is 0. The molecule has 2 N–H and O–H groups in total. The van der Waals surface area contributed by atoms with E-state index < -0.39 is 35.5 Å². The molecule has 1 aromatic rings. The smallest absolute Gasteiger partial charge is 0.326 e. The molecule has 1 aliphatic rings. The number of imide groups is 1. The van der Waals surface area contributed by atoms with Gasteiger partial charge in [-0.25, -0.2) is 0 Å². The molecule has 8 nitrogen and oxygen atoms in total. The Morgan fingerprint density at radius 3 is 2.41 bits per heavy atom. The van der Waals surface area contributed by atoms with Gasteiger partial charge >= 0.3 is 5.97 Å². The molecule has 0 fully saturated rings. The Morgan fingerprint density at radius 2 is 1.86 bits per heavy atom. The number of ether oxygens (including phenoxy) is 1. The number of hydrogen-bond donors (Lipinski definition) is 1. The minimum absolute atomic E-state index is 0.0654. The number of primary amides is 1. The second-order valence-electron chi connectivity index (χ2n) is 4.67. The highest BCUT2D eigenvalue weighted by atomic mass is 16.7. The van der Waals surface area contributed by atoms with Gasteiger partial charge in [0.1, 0.15) is 0 Å². The fourth-order valence-corrected chi connectivity index (χ4v) is 2.57. The van der Waals surface area contributed by atoms with E-state index in [9.17, 15) is 19.2 Å². The zero-order valence-electron chi connectivity index (χ0n) is 12.0. The lowest BCUT2D eigenvalue weighted by atomic mass is 9.72. The number of benzene rings is 1. The second-order valence-corrected chi connectivity index (χ2v) is 4.67. The molecule has 1 unspecified atom stereocenters. The third-order valence-corrected chi connectivity index (χ3v) is 3.51. The van der Waals surface area contributed by atoms with Crippen molar-refractivity contribution >= 4 is 23.7 Å². The van der Waals surface area contributed by atoms with Gasteiger partial charge in [-0.3, -0.25) is 24.0 Å². The molecule has 116 valence electrons. The molecule has 0 radical (unpaired) electrons. The molecule has 1 aromatic carbocycles. The second kappa shape index (κ2) is 5.57. The maximum absolute atomic E-state index is 12.7. The van der Waals surface area contributed by atoms with Crippen LogP contribution in [0.4, 0.5) is 0 Å². The first-order valence-electron chi connectivity index (χ1n) is 6.29. The minimum Gasteiger partial charge on any atom is -0.468 e. The lowest BCUT2D eigenvalue weighted by Crippen LogP contribution is -2.59. The Bertz CT molecular complexity index is 671. The number of nitrogens with two attached hydrogens (primary N) is 1. The number of esters is 1. The van der Waals surface area contributed by atoms with Gasteiger partial charge in [0.2, 0.25) is 5.91 Å². The van der Waals surface area contributed by atoms with Crippen LogP contribution in [0.5, 0.6) is 0 Å². The molecule has 3 amide bonds. The monoisotopic (exact) mass is 306 g/mol. The molecule has 8 heteroatoms. The molecule has 1 heterocycles. The number of carbonyl (C=O) groups excluding carboxylic acids is 4. The van der Waals surface area contributed by atoms with Crippen LogP contribution in [0.2, 0.25) is 0 Å². The van der Waals surface area contributed by atoms with Crippen LogP contribution in [-0.2, 0) is 29.4 Å². The van der Waals surface area contributed by atoms with E-state index in [0.717, 1.165) is 14.2 Å². The van der Waals surface area contributed by atoms with Crippen LogP contribution in [0.1, 0.15) is 22.3 Å². The van der Waals surface area contributed by atoms with Crippen molar-refractivity contribution in [3.05, 3.63) is 35.4 Å². The van der Waals surface area contributed by atoms with Crippen molar-refractivity contribution in [1.29, 1.82) is 0 Å². The maximum atomic E-state index is 12.7. The summed E-state index contributed by atoms with van der Waals surface area (Å²) in [6.45, 7) is 0. The van der Waals surface area contributed by atoms with Crippen molar-refractivity contribution < 1.29 is 28.8 Å². The largest absolute Gasteiger partial charge is 0.468 e. The fourth-order valence-electron chi connectivity index (χ4n) is 2.57. The molecule has 0 spiro atoms. The van der Waals surface area contributed by atoms with E-state index in [2.05, 4.69) is 4.74 Å². The number of hydrogen-bond acceptors (Lipinski definition) is 6. The Morgan fingerprint density at radius 1 is 1.23 bits per heavy atom. The average Bonchev–Trinajstić information content (AvgIpc) is 2.51. The van der Waals surface area contributed by atoms with E-state index in [-0.39, 0.29) is 11.1 Å². The van der Waals surface area contributed by atoms with E-state index >= 15 is 0 Å². The molecular formula is C14H14N2O6. The number of rotatable bonds is 4. The van der Waals surface area contributed by atoms with Gasteiger partial charge in [-0.1, -0.05) is 18.2 Å². The Labute approximate surface area is 125 Å². The molecule has 1 atom stereocenters. The van der Waals surface area contributed by atoms with E-state index in [1.165, 1.54) is 12.1 Å². The molecule has 1 aliphatic heterocycles. The summed E-state index contributed by atoms with van der Waals surface area (Å²) in [7, 11) is 2.19. The zero-order valence-corrected chi connectivity index (χ0v) is 12.0. The van der Waals surface area contributed by atoms with Gasteiger partial charge < -0.3 is 10.5 Å². The number of carbonyl (C=O) groups is 4. The number of methoxy groups -OCH3 is 1. The highest BCUT2D eigenvalue weighted by Gasteiger charge is 2.58. The van der Waals surface area contributed by atoms with Crippen LogP contribution in [0.15, 0.2) is 24.3 Å². The first kappa shape index (κ1) is 15.6. The average molecular weight is 306 g/mol. The third-order valence-electron chi connectivity index (χ3n) is 3.51. The fraction of sp³-hybridized carbons (Fsp3) is 0.286. The highest BCUT2D eigenvalue weighted by molar-refractivity contribution is 6.21. The van der Waals surface area contributed by atoms with Gasteiger partial charge in [-0.2, -0.15) is 0 Å². The van der Waals surface area contributed by atoms with Gasteiger partial charge in [-0.05, 0) is 11.6 Å². The SMILES string of the molecule is COC(=O)C1(CC(N)=O)C(=O)N(OC)C(=O)c2ccccc21. The first-order chi connectivity index (χ1) is 10.4. The molecule has 22 heavy (non-hydrogen) atoms. The van der Waals surface area contributed by atoms with Crippen LogP contribution in [-0.4, -0.2) is 43.0 Å². The van der Waals surface area contributed by atoms with Gasteiger partial charge in [0, 0.05) is 5.56 Å². The van der Waals surface area contributed by atoms with Crippen molar-refractivity contribution in [1.82, 2.24) is 5.06 Å². The van der Waals surface area contributed by atoms with E-state index in [1.54, 1.807) is 12.1 Å². The first-order valence-corrected chi connectivity index (χ1v) is 6.29. The molecule has 0 aromatic heterocycles. The van der Waals surface area contributed by atoms with Gasteiger partial charge in [0.25, 0.3) is 11.8 Å². The van der Waals surface area contributed by atoms with E-state index in [4.69, 9.17) is 10.6 Å². The normalized spacial score (nSPS) is 20.5. The summed E-state index contributed by atoms with van der Waals surface area (Å²) in [5.74, 6) is -3.62. The minimum atomic E-state index is -2.04. The van der Waals surface area contributed by atoms with Crippen LogP contribution in [0.25, 0.3) is 0 Å². The number of fused-ring (bicyclic) bond motifs is 1. The third kappa shape index (κ3) is 2.04. The van der Waals surface area contributed by atoms with Crippen molar-refractivity contribution in [2.75, 3.05) is 14.2 Å². The summed E-state index contributed by atoms with van der Waals surface area (Å²) in [5, 5.41) is 0.433. The molecule has 0 saturated heterocycles. The van der Waals surface area contributed by atoms with E-state index in [0.29, 0.717) is 5.06 Å². The Hall–Kier alpha value is -2.74. The highest BCUT2D eigenvalue weighted by Crippen LogP contribution is 2.38. The van der Waals surface area contributed by atoms with Crippen LogP contribution < -0.4 is 5.73 Å². The molecule has 0 aliphatic carbocycles. The van der Waals surface area contributed by atoms with Gasteiger partial charge in [0.15, 0.2) is 5.41 Å². The molecule has 2 rings (SSSR count). The number of hydroxylamine groups is 2. The summed E-state index contributed by atoms with van der Waals surface area (Å²) in [6, 6.07) is 5.94. The van der Waals surface area contributed by atoms with Crippen molar-refractivity contribution in [3.8, 4) is 0 Å². The van der Waals surface area contributed by atoms with E-state index in [1.807, 2.05) is 0 Å². The summed E-state index contributed by atoms with van der Waals surface area (Å²) in [5.41, 5.74) is 3.30. The Kier molecular flexibility index (Phi) is 3.96. The molecule has 0 saturated carbocycles. The predicted octanol–water partition coefficient (Wildman–Crippen LogP) is -0.483. The van der Waals surface area contributed by atoms with Crippen LogP contribution in [0, 0.1) is 0 Å². The number of amides is 3. The summed E-state index contributed by atoms with van der Waals surface area (Å²) in [4.78, 5) is 53.5. The summed E-state index contributed by atoms with van der Waals surface area (Å²) in [6.07, 6.45) is -0.636. The number of nitrogens with zero attached hydrogens (tertiary/aromatic N) is 1. The van der Waals surface area contributed by atoms with Crippen molar-refractivity contribution in [2.45, 2.75) is 11.8 Å². The standard InChI is InChI=1S/C14H14N2O6/c1-21-13(20)14(7-10(15)17)9-6-4-3-5-8(9)11(18)16(22-2)12(14)19/h3-6H,7H2,1-2H3,(H2,15,17). The van der Waals surface area contributed by atoms with Crippen molar-refractivity contribution in [2.24, 2.45) is 5.73 Å². The van der Waals surface area contributed by atoms with Crippen LogP contribution >= 0.6 is 0 Å². The van der Waals surface area contributed by atoms with Gasteiger partial charge in [-0.15, -0.1) is 5.06 Å².